The molecule has 0 bridgehead atoms. The molecule has 6 heterocycles. The number of rotatable bonds is 14. The summed E-state index contributed by atoms with van der Waals surface area (Å²) in [5.41, 5.74) is 14.3. The molecule has 4 saturated heterocycles. The third-order valence-electron chi connectivity index (χ3n) is 12.2. The average molecular weight is 997 g/mol. The van der Waals surface area contributed by atoms with E-state index in [4.69, 9.17) is 20.9 Å². The predicted molar refractivity (Wildman–Crippen MR) is 242 cm³/mol. The molecule has 0 aliphatic carbocycles. The number of benzene rings is 2. The minimum absolute atomic E-state index is 0.0251. The van der Waals surface area contributed by atoms with Gasteiger partial charge in [0.2, 0.25) is 11.8 Å². The van der Waals surface area contributed by atoms with Gasteiger partial charge in [-0.25, -0.2) is 35.6 Å². The van der Waals surface area contributed by atoms with Crippen molar-refractivity contribution in [1.82, 2.24) is 27.2 Å². The summed E-state index contributed by atoms with van der Waals surface area (Å²) < 4.78 is 146. The summed E-state index contributed by atoms with van der Waals surface area (Å²) in [6.07, 6.45) is 3.99. The summed E-state index contributed by atoms with van der Waals surface area (Å²) in [5.74, 6) is -1.39. The van der Waals surface area contributed by atoms with E-state index in [-0.39, 0.29) is 99.0 Å². The van der Waals surface area contributed by atoms with Gasteiger partial charge in [-0.2, -0.15) is 34.1 Å². The van der Waals surface area contributed by atoms with Gasteiger partial charge >= 0.3 is 0 Å². The van der Waals surface area contributed by atoms with E-state index in [9.17, 15) is 42.5 Å². The lowest BCUT2D eigenvalue weighted by atomic mass is 9.96. The molecular formula is C42H54F2N8O10S4. The molecule has 4 atom stereocenters. The molecule has 2 aromatic heterocycles. The Morgan fingerprint density at radius 1 is 0.621 bits per heavy atom. The van der Waals surface area contributed by atoms with Gasteiger partial charge in [0.15, 0.2) is 19.7 Å². The van der Waals surface area contributed by atoms with E-state index in [0.717, 1.165) is 16.7 Å². The monoisotopic (exact) mass is 996 g/mol. The fraction of sp³-hybridized carbons (Fsp3) is 0.476. The van der Waals surface area contributed by atoms with Crippen LogP contribution in [-0.2, 0) is 53.2 Å². The van der Waals surface area contributed by atoms with Gasteiger partial charge in [0.05, 0.1) is 35.1 Å². The Hall–Kier alpha value is -4.24. The first-order valence-electron chi connectivity index (χ1n) is 21.4. The van der Waals surface area contributed by atoms with Crippen LogP contribution in [-0.4, -0.2) is 148 Å². The fourth-order valence-corrected chi connectivity index (χ4v) is 15.0. The lowest BCUT2D eigenvalue weighted by Crippen LogP contribution is -2.52. The van der Waals surface area contributed by atoms with E-state index in [1.165, 1.54) is 35.4 Å². The Bertz CT molecular complexity index is 2750. The lowest BCUT2D eigenvalue weighted by Gasteiger charge is -2.32. The van der Waals surface area contributed by atoms with E-state index in [1.807, 2.05) is 0 Å². The van der Waals surface area contributed by atoms with Crippen molar-refractivity contribution in [3.8, 4) is 11.8 Å². The topological polar surface area (TPSA) is 246 Å². The van der Waals surface area contributed by atoms with Gasteiger partial charge in [0.25, 0.3) is 20.4 Å². The standard InChI is InChI=1S/2C21H27FN4O5S2/c22-19-3-1-17(2-4-19)18-12-20(15-31-21-11-16(13-23)5-6-24-21)26(14-18)33(29,30)25-7-9-32(27,28)10-8-25;22-20-4-2-1-3-19(20)17-12-18(15-31-21-11-16(13-23)5-6-24-21)26(14-17)33(29,30)25-7-9-32(27,28)10-8-25/h1-6,11,18,20H,7-10,12-15,23H2;1-6,11,17-18H,7-10,12-15,23H2. The van der Waals surface area contributed by atoms with E-state index in [2.05, 4.69) is 9.97 Å². The Morgan fingerprint density at radius 3 is 1.52 bits per heavy atom. The molecule has 24 heteroatoms. The molecule has 4 aliphatic heterocycles. The summed E-state index contributed by atoms with van der Waals surface area (Å²) in [7, 11) is -14.4. The molecule has 18 nitrogen and oxygen atoms in total. The molecule has 8 rings (SSSR count). The van der Waals surface area contributed by atoms with Crippen LogP contribution < -0.4 is 20.9 Å². The third-order valence-corrected chi connectivity index (χ3v) is 19.5. The summed E-state index contributed by atoms with van der Waals surface area (Å²) in [6, 6.07) is 18.2. The van der Waals surface area contributed by atoms with Crippen LogP contribution in [0.2, 0.25) is 0 Å². The van der Waals surface area contributed by atoms with Crippen molar-refractivity contribution in [2.45, 2.75) is 49.9 Å². The van der Waals surface area contributed by atoms with Crippen LogP contribution in [0.5, 0.6) is 11.8 Å². The highest BCUT2D eigenvalue weighted by atomic mass is 32.2. The Morgan fingerprint density at radius 2 is 1.06 bits per heavy atom. The Kier molecular flexibility index (Phi) is 15.8. The van der Waals surface area contributed by atoms with Crippen molar-refractivity contribution in [2.24, 2.45) is 11.5 Å². The number of nitrogens with zero attached hydrogens (tertiary/aromatic N) is 6. The molecule has 4 fully saturated rings. The van der Waals surface area contributed by atoms with E-state index < -0.39 is 52.2 Å². The smallest absolute Gasteiger partial charge is 0.282 e. The normalized spacial score (nSPS) is 24.1. The first kappa shape index (κ1) is 49.7. The van der Waals surface area contributed by atoms with Gasteiger partial charge < -0.3 is 20.9 Å². The van der Waals surface area contributed by atoms with Gasteiger partial charge in [0.1, 0.15) is 24.8 Å². The van der Waals surface area contributed by atoms with Crippen molar-refractivity contribution in [1.29, 1.82) is 0 Å². The molecule has 0 saturated carbocycles. The Labute approximate surface area is 385 Å². The number of nitrogens with two attached hydrogens (primary N) is 2. The van der Waals surface area contributed by atoms with Gasteiger partial charge in [-0.1, -0.05) is 30.3 Å². The molecule has 4 aliphatic rings. The molecule has 0 radical (unpaired) electrons. The number of hydrogen-bond donors (Lipinski definition) is 2. The molecule has 4 unspecified atom stereocenters. The fourth-order valence-electron chi connectivity index (χ4n) is 8.47. The van der Waals surface area contributed by atoms with Crippen molar-refractivity contribution >= 4 is 40.1 Å². The average Bonchev–Trinajstić information content (AvgIpc) is 3.94. The molecule has 4 N–H and O–H groups in total. The zero-order chi connectivity index (χ0) is 47.3. The zero-order valence-electron chi connectivity index (χ0n) is 36.0. The second kappa shape index (κ2) is 21.0. The van der Waals surface area contributed by atoms with Crippen molar-refractivity contribution in [2.75, 3.05) is 75.5 Å². The minimum atomic E-state index is -3.97. The van der Waals surface area contributed by atoms with Crippen LogP contribution in [0.15, 0.2) is 85.2 Å². The highest BCUT2D eigenvalue weighted by Crippen LogP contribution is 2.37. The SMILES string of the molecule is NCc1ccnc(OCC2CC(c3ccc(F)cc3)CN2S(=O)(=O)N2CCS(=O)(=O)CC2)c1.NCc1ccnc(OCC2CC(c3ccccc3F)CN2S(=O)(=O)N2CCS(=O)(=O)CC2)c1. The van der Waals surface area contributed by atoms with Crippen LogP contribution in [0, 0.1) is 11.6 Å². The van der Waals surface area contributed by atoms with E-state index in [1.54, 1.807) is 67.0 Å². The molecule has 2 aromatic carbocycles. The van der Waals surface area contributed by atoms with Gasteiger partial charge in [0, 0.05) is 82.8 Å². The predicted octanol–water partition coefficient (Wildman–Crippen LogP) is 1.78. The third kappa shape index (κ3) is 12.1. The second-order valence-corrected chi connectivity index (χ2v) is 24.9. The number of ether oxygens (including phenoxy) is 2. The molecular weight excluding hydrogens is 943 g/mol. The maximum absolute atomic E-state index is 14.5. The molecule has 66 heavy (non-hydrogen) atoms. The summed E-state index contributed by atoms with van der Waals surface area (Å²) in [6.45, 7) is 0.674. The zero-order valence-corrected chi connectivity index (χ0v) is 39.3. The van der Waals surface area contributed by atoms with Crippen molar-refractivity contribution in [3.05, 3.63) is 119 Å². The number of sulfone groups is 2. The van der Waals surface area contributed by atoms with Crippen LogP contribution in [0.25, 0.3) is 0 Å². The quantitative estimate of drug-likeness (QED) is 0.183. The Balaban J connectivity index is 0.000000196. The van der Waals surface area contributed by atoms with Gasteiger partial charge in [-0.15, -0.1) is 0 Å². The van der Waals surface area contributed by atoms with Crippen LogP contribution in [0.3, 0.4) is 0 Å². The van der Waals surface area contributed by atoms with Gasteiger partial charge in [-0.05, 0) is 71.3 Å². The molecule has 0 spiro atoms. The molecule has 0 amide bonds. The maximum Gasteiger partial charge on any atom is 0.282 e. The van der Waals surface area contributed by atoms with Crippen LogP contribution >= 0.6 is 0 Å². The highest BCUT2D eigenvalue weighted by Gasteiger charge is 2.46. The number of aromatic nitrogens is 2. The first-order valence-corrected chi connectivity index (χ1v) is 27.8. The first-order chi connectivity index (χ1) is 31.4. The summed E-state index contributed by atoms with van der Waals surface area (Å²) in [5, 5.41) is 0. The minimum Gasteiger partial charge on any atom is -0.476 e. The highest BCUT2D eigenvalue weighted by molar-refractivity contribution is 7.92. The molecule has 4 aromatic rings. The number of pyridine rings is 2. The van der Waals surface area contributed by atoms with Crippen LogP contribution in [0.1, 0.15) is 46.9 Å². The van der Waals surface area contributed by atoms with Crippen LogP contribution in [0.4, 0.5) is 8.78 Å². The van der Waals surface area contributed by atoms with E-state index >= 15 is 0 Å². The van der Waals surface area contributed by atoms with E-state index in [0.29, 0.717) is 43.3 Å². The number of hydrogen-bond acceptors (Lipinski definition) is 14. The second-order valence-electron chi connectivity index (χ2n) is 16.5. The van der Waals surface area contributed by atoms with Gasteiger partial charge in [-0.3, -0.25) is 0 Å². The summed E-state index contributed by atoms with van der Waals surface area (Å²) >= 11 is 0. The molecule has 360 valence electrons. The lowest BCUT2D eigenvalue weighted by molar-refractivity contribution is 0.218. The van der Waals surface area contributed by atoms with Crippen molar-refractivity contribution < 1.29 is 51.9 Å². The summed E-state index contributed by atoms with van der Waals surface area (Å²) in [4.78, 5) is 8.31. The largest absolute Gasteiger partial charge is 0.476 e. The maximum atomic E-state index is 14.5. The number of halogens is 2. The van der Waals surface area contributed by atoms with Crippen molar-refractivity contribution in [3.63, 3.8) is 0 Å².